The predicted octanol–water partition coefficient (Wildman–Crippen LogP) is 3.87. The SMILES string of the molecule is CCCNC(Cc1cncs1)c1cc(F)ccc1C. The van der Waals surface area contributed by atoms with Crippen LogP contribution in [0.25, 0.3) is 0 Å². The van der Waals surface area contributed by atoms with E-state index in [1.165, 1.54) is 10.9 Å². The Morgan fingerprint density at radius 2 is 2.26 bits per heavy atom. The molecule has 102 valence electrons. The smallest absolute Gasteiger partial charge is 0.123 e. The number of hydrogen-bond acceptors (Lipinski definition) is 3. The van der Waals surface area contributed by atoms with E-state index in [9.17, 15) is 4.39 Å². The van der Waals surface area contributed by atoms with Crippen LogP contribution in [0.1, 0.15) is 35.4 Å². The molecular formula is C15H19FN2S. The highest BCUT2D eigenvalue weighted by molar-refractivity contribution is 7.09. The van der Waals surface area contributed by atoms with Gasteiger partial charge in [0.05, 0.1) is 5.51 Å². The molecule has 2 aromatic rings. The van der Waals surface area contributed by atoms with E-state index in [0.29, 0.717) is 0 Å². The molecule has 1 aromatic carbocycles. The number of aromatic nitrogens is 1. The third-order valence-corrected chi connectivity index (χ3v) is 3.95. The molecule has 0 saturated heterocycles. The largest absolute Gasteiger partial charge is 0.310 e. The molecule has 1 N–H and O–H groups in total. The van der Waals surface area contributed by atoms with Crippen molar-refractivity contribution < 1.29 is 4.39 Å². The van der Waals surface area contributed by atoms with Crippen molar-refractivity contribution in [1.29, 1.82) is 0 Å². The Morgan fingerprint density at radius 1 is 1.42 bits per heavy atom. The molecule has 0 radical (unpaired) electrons. The van der Waals surface area contributed by atoms with Gasteiger partial charge in [-0.2, -0.15) is 0 Å². The van der Waals surface area contributed by atoms with E-state index in [2.05, 4.69) is 17.2 Å². The first-order valence-electron chi connectivity index (χ1n) is 6.57. The minimum absolute atomic E-state index is 0.149. The minimum atomic E-state index is -0.173. The first-order valence-corrected chi connectivity index (χ1v) is 7.45. The highest BCUT2D eigenvalue weighted by Crippen LogP contribution is 2.24. The van der Waals surface area contributed by atoms with Crippen LogP contribution < -0.4 is 5.32 Å². The Hall–Kier alpha value is -1.26. The van der Waals surface area contributed by atoms with Gasteiger partial charge in [0.25, 0.3) is 0 Å². The van der Waals surface area contributed by atoms with Gasteiger partial charge in [0.15, 0.2) is 0 Å². The van der Waals surface area contributed by atoms with Crippen LogP contribution in [0.3, 0.4) is 0 Å². The summed E-state index contributed by atoms with van der Waals surface area (Å²) in [7, 11) is 0. The van der Waals surface area contributed by atoms with Gasteiger partial charge in [-0.15, -0.1) is 11.3 Å². The summed E-state index contributed by atoms with van der Waals surface area (Å²) in [5, 5.41) is 3.50. The summed E-state index contributed by atoms with van der Waals surface area (Å²) in [4.78, 5) is 5.33. The lowest BCUT2D eigenvalue weighted by Crippen LogP contribution is -2.24. The van der Waals surface area contributed by atoms with Crippen LogP contribution in [0.2, 0.25) is 0 Å². The summed E-state index contributed by atoms with van der Waals surface area (Å²) in [6.45, 7) is 5.09. The molecule has 0 aliphatic carbocycles. The number of thiazole rings is 1. The van der Waals surface area contributed by atoms with Gasteiger partial charge in [-0.3, -0.25) is 4.98 Å². The van der Waals surface area contributed by atoms with E-state index in [-0.39, 0.29) is 11.9 Å². The van der Waals surface area contributed by atoms with Gasteiger partial charge in [0, 0.05) is 23.5 Å². The van der Waals surface area contributed by atoms with E-state index in [1.54, 1.807) is 17.4 Å². The summed E-state index contributed by atoms with van der Waals surface area (Å²) >= 11 is 1.64. The molecule has 0 fully saturated rings. The number of benzene rings is 1. The third-order valence-electron chi connectivity index (χ3n) is 3.15. The quantitative estimate of drug-likeness (QED) is 0.867. The number of rotatable bonds is 6. The van der Waals surface area contributed by atoms with Crippen molar-refractivity contribution in [2.75, 3.05) is 6.54 Å². The van der Waals surface area contributed by atoms with Crippen LogP contribution in [0, 0.1) is 12.7 Å². The number of nitrogens with zero attached hydrogens (tertiary/aromatic N) is 1. The molecule has 2 rings (SSSR count). The van der Waals surface area contributed by atoms with Crippen molar-refractivity contribution in [3.8, 4) is 0 Å². The maximum atomic E-state index is 13.5. The average molecular weight is 278 g/mol. The highest BCUT2D eigenvalue weighted by Gasteiger charge is 2.15. The van der Waals surface area contributed by atoms with Gasteiger partial charge in [0.2, 0.25) is 0 Å². The van der Waals surface area contributed by atoms with Gasteiger partial charge in [-0.1, -0.05) is 13.0 Å². The first kappa shape index (κ1) is 14.2. The normalized spacial score (nSPS) is 12.6. The number of nitrogens with one attached hydrogen (secondary N) is 1. The molecule has 0 amide bonds. The van der Waals surface area contributed by atoms with E-state index in [4.69, 9.17) is 0 Å². The molecule has 4 heteroatoms. The molecule has 0 aliphatic rings. The second-order valence-corrected chi connectivity index (χ2v) is 5.65. The average Bonchev–Trinajstić information content (AvgIpc) is 2.90. The van der Waals surface area contributed by atoms with Crippen molar-refractivity contribution in [1.82, 2.24) is 10.3 Å². The molecule has 1 atom stereocenters. The molecule has 2 nitrogen and oxygen atoms in total. The Balaban J connectivity index is 2.23. The zero-order chi connectivity index (χ0) is 13.7. The number of halogens is 1. The Morgan fingerprint density at radius 3 is 2.95 bits per heavy atom. The molecule has 1 unspecified atom stereocenters. The van der Waals surface area contributed by atoms with Crippen LogP contribution in [0.4, 0.5) is 4.39 Å². The Labute approximate surface area is 117 Å². The lowest BCUT2D eigenvalue weighted by Gasteiger charge is -2.20. The lowest BCUT2D eigenvalue weighted by atomic mass is 9.98. The summed E-state index contributed by atoms with van der Waals surface area (Å²) in [6.07, 6.45) is 3.81. The molecule has 0 saturated carbocycles. The molecular weight excluding hydrogens is 259 g/mol. The summed E-state index contributed by atoms with van der Waals surface area (Å²) in [6, 6.07) is 5.15. The maximum Gasteiger partial charge on any atom is 0.123 e. The van der Waals surface area contributed by atoms with E-state index in [0.717, 1.165) is 30.5 Å². The fraction of sp³-hybridized carbons (Fsp3) is 0.400. The summed E-state index contributed by atoms with van der Waals surface area (Å²) < 4.78 is 13.5. The maximum absolute atomic E-state index is 13.5. The summed E-state index contributed by atoms with van der Waals surface area (Å²) in [5.41, 5.74) is 4.01. The molecule has 0 bridgehead atoms. The summed E-state index contributed by atoms with van der Waals surface area (Å²) in [5.74, 6) is -0.173. The Kier molecular flexibility index (Phi) is 5.05. The monoisotopic (exact) mass is 278 g/mol. The van der Waals surface area contributed by atoms with Crippen LogP contribution in [-0.4, -0.2) is 11.5 Å². The van der Waals surface area contributed by atoms with E-state index in [1.807, 2.05) is 24.7 Å². The van der Waals surface area contributed by atoms with Crippen LogP contribution >= 0.6 is 11.3 Å². The van der Waals surface area contributed by atoms with Gasteiger partial charge in [-0.05, 0) is 43.1 Å². The van der Waals surface area contributed by atoms with E-state index >= 15 is 0 Å². The standard InChI is InChI=1S/C15H19FN2S/c1-3-6-18-15(8-13-9-17-10-19-13)14-7-12(16)5-4-11(14)2/h4-5,7,9-10,15,18H,3,6,8H2,1-2H3. The van der Waals surface area contributed by atoms with Crippen molar-refractivity contribution in [2.45, 2.75) is 32.7 Å². The van der Waals surface area contributed by atoms with E-state index < -0.39 is 0 Å². The zero-order valence-electron chi connectivity index (χ0n) is 11.3. The third kappa shape index (κ3) is 3.85. The molecule has 0 aliphatic heterocycles. The second kappa shape index (κ2) is 6.78. The molecule has 0 spiro atoms. The van der Waals surface area contributed by atoms with Gasteiger partial charge >= 0.3 is 0 Å². The molecule has 1 heterocycles. The zero-order valence-corrected chi connectivity index (χ0v) is 12.1. The second-order valence-electron chi connectivity index (χ2n) is 4.68. The first-order chi connectivity index (χ1) is 9.20. The van der Waals surface area contributed by atoms with Crippen LogP contribution in [-0.2, 0) is 6.42 Å². The van der Waals surface area contributed by atoms with Crippen molar-refractivity contribution in [2.24, 2.45) is 0 Å². The van der Waals surface area contributed by atoms with Gasteiger partial charge < -0.3 is 5.32 Å². The van der Waals surface area contributed by atoms with Crippen LogP contribution in [0.15, 0.2) is 29.9 Å². The lowest BCUT2D eigenvalue weighted by molar-refractivity contribution is 0.524. The fourth-order valence-electron chi connectivity index (χ4n) is 2.14. The number of hydrogen-bond donors (Lipinski definition) is 1. The molecule has 19 heavy (non-hydrogen) atoms. The number of aryl methyl sites for hydroxylation is 1. The fourth-order valence-corrected chi connectivity index (χ4v) is 2.78. The van der Waals surface area contributed by atoms with Crippen molar-refractivity contribution in [3.63, 3.8) is 0 Å². The van der Waals surface area contributed by atoms with Crippen molar-refractivity contribution >= 4 is 11.3 Å². The molecule has 1 aromatic heterocycles. The van der Waals surface area contributed by atoms with Gasteiger partial charge in [0.1, 0.15) is 5.82 Å². The Bertz CT molecular complexity index is 511. The highest BCUT2D eigenvalue weighted by atomic mass is 32.1. The van der Waals surface area contributed by atoms with Crippen LogP contribution in [0.5, 0.6) is 0 Å². The van der Waals surface area contributed by atoms with Crippen molar-refractivity contribution in [3.05, 3.63) is 51.7 Å². The topological polar surface area (TPSA) is 24.9 Å². The van der Waals surface area contributed by atoms with Gasteiger partial charge in [-0.25, -0.2) is 4.39 Å². The minimum Gasteiger partial charge on any atom is -0.310 e. The predicted molar refractivity (Wildman–Crippen MR) is 78.0 cm³/mol.